The Hall–Kier alpha value is -1.83. The lowest BCUT2D eigenvalue weighted by molar-refractivity contribution is -0.164. The van der Waals surface area contributed by atoms with E-state index in [0.29, 0.717) is 0 Å². The van der Waals surface area contributed by atoms with Crippen LogP contribution in [0.2, 0.25) is 0 Å². The average molecular weight is 353 g/mol. The Labute approximate surface area is 157 Å². The monoisotopic (exact) mass is 352 g/mol. The van der Waals surface area contributed by atoms with Gasteiger partial charge in [-0.3, -0.25) is 4.79 Å². The van der Waals surface area contributed by atoms with Crippen molar-refractivity contribution in [2.45, 2.75) is 65.4 Å². The molecule has 2 aromatic rings. The molecule has 140 valence electrons. The Morgan fingerprint density at radius 1 is 1.08 bits per heavy atom. The maximum atomic E-state index is 12.8. The van der Waals surface area contributed by atoms with E-state index in [1.54, 1.807) is 0 Å². The molecule has 3 rings (SSSR count). The molecule has 0 aromatic heterocycles. The highest BCUT2D eigenvalue weighted by atomic mass is 16.6. The van der Waals surface area contributed by atoms with Crippen LogP contribution in [0.15, 0.2) is 42.5 Å². The molecule has 1 unspecified atom stereocenters. The number of ether oxygens (including phenoxy) is 1. The Balaban J connectivity index is 1.65. The summed E-state index contributed by atoms with van der Waals surface area (Å²) in [5.41, 5.74) is 0.451. The van der Waals surface area contributed by atoms with Gasteiger partial charge in [-0.05, 0) is 73.8 Å². The second-order valence-electron chi connectivity index (χ2n) is 8.49. The number of carbonyl (C=O) groups excluding carboxylic acids is 1. The van der Waals surface area contributed by atoms with Crippen molar-refractivity contribution in [3.63, 3.8) is 0 Å². The SMILES string of the molecule is CCC(C)C1CCC(C(=O)OC(C)(C)c2ccc3ccccc3c2)CC1. The topological polar surface area (TPSA) is 26.3 Å². The molecule has 1 aliphatic carbocycles. The van der Waals surface area contributed by atoms with Gasteiger partial charge in [-0.2, -0.15) is 0 Å². The number of rotatable bonds is 5. The molecule has 1 aliphatic rings. The van der Waals surface area contributed by atoms with E-state index < -0.39 is 5.60 Å². The highest BCUT2D eigenvalue weighted by Gasteiger charge is 2.33. The molecule has 2 heteroatoms. The summed E-state index contributed by atoms with van der Waals surface area (Å²) in [5.74, 6) is 1.58. The third kappa shape index (κ3) is 4.11. The Morgan fingerprint density at radius 3 is 2.38 bits per heavy atom. The molecule has 0 N–H and O–H groups in total. The third-order valence-electron chi connectivity index (χ3n) is 6.35. The Kier molecular flexibility index (Phi) is 5.70. The predicted molar refractivity (Wildman–Crippen MR) is 108 cm³/mol. The summed E-state index contributed by atoms with van der Waals surface area (Å²) in [6.45, 7) is 8.60. The van der Waals surface area contributed by atoms with E-state index in [2.05, 4.69) is 44.2 Å². The summed E-state index contributed by atoms with van der Waals surface area (Å²) in [7, 11) is 0. The maximum absolute atomic E-state index is 12.8. The molecular weight excluding hydrogens is 320 g/mol. The van der Waals surface area contributed by atoms with E-state index in [1.165, 1.54) is 17.2 Å². The van der Waals surface area contributed by atoms with Crippen molar-refractivity contribution >= 4 is 16.7 Å². The molecule has 2 aromatic carbocycles. The smallest absolute Gasteiger partial charge is 0.309 e. The summed E-state index contributed by atoms with van der Waals surface area (Å²) < 4.78 is 6.00. The van der Waals surface area contributed by atoms with Gasteiger partial charge in [0.1, 0.15) is 5.60 Å². The van der Waals surface area contributed by atoms with Gasteiger partial charge >= 0.3 is 5.97 Å². The second kappa shape index (κ2) is 7.82. The fourth-order valence-corrected chi connectivity index (χ4v) is 4.21. The molecule has 0 spiro atoms. The van der Waals surface area contributed by atoms with E-state index in [9.17, 15) is 4.79 Å². The molecule has 0 amide bonds. The zero-order chi connectivity index (χ0) is 18.7. The molecule has 1 saturated carbocycles. The van der Waals surface area contributed by atoms with Gasteiger partial charge in [-0.25, -0.2) is 0 Å². The zero-order valence-electron chi connectivity index (χ0n) is 16.6. The maximum Gasteiger partial charge on any atom is 0.309 e. The van der Waals surface area contributed by atoms with Crippen LogP contribution >= 0.6 is 0 Å². The largest absolute Gasteiger partial charge is 0.455 e. The van der Waals surface area contributed by atoms with Crippen LogP contribution in [0.4, 0.5) is 0 Å². The zero-order valence-corrected chi connectivity index (χ0v) is 16.6. The van der Waals surface area contributed by atoms with Gasteiger partial charge in [-0.1, -0.05) is 56.7 Å². The van der Waals surface area contributed by atoms with Crippen molar-refractivity contribution < 1.29 is 9.53 Å². The van der Waals surface area contributed by atoms with Crippen molar-refractivity contribution in [2.24, 2.45) is 17.8 Å². The summed E-state index contributed by atoms with van der Waals surface area (Å²) in [4.78, 5) is 12.8. The summed E-state index contributed by atoms with van der Waals surface area (Å²) in [6, 6.07) is 14.6. The third-order valence-corrected chi connectivity index (χ3v) is 6.35. The van der Waals surface area contributed by atoms with Gasteiger partial charge in [-0.15, -0.1) is 0 Å². The lowest BCUT2D eigenvalue weighted by Gasteiger charge is -2.33. The summed E-state index contributed by atoms with van der Waals surface area (Å²) >= 11 is 0. The molecule has 0 heterocycles. The first-order valence-corrected chi connectivity index (χ1v) is 10.1. The number of carbonyl (C=O) groups is 1. The quantitative estimate of drug-likeness (QED) is 0.576. The fraction of sp³-hybridized carbons (Fsp3) is 0.542. The van der Waals surface area contributed by atoms with Crippen LogP contribution in [-0.4, -0.2) is 5.97 Å². The number of esters is 1. The van der Waals surface area contributed by atoms with Gasteiger partial charge in [0.05, 0.1) is 5.92 Å². The summed E-state index contributed by atoms with van der Waals surface area (Å²) in [6.07, 6.45) is 5.49. The number of benzene rings is 2. The molecule has 2 nitrogen and oxygen atoms in total. The van der Waals surface area contributed by atoms with Crippen LogP contribution in [0.25, 0.3) is 10.8 Å². The standard InChI is InChI=1S/C24H32O2/c1-5-17(2)18-10-12-20(13-11-18)23(25)26-24(3,4)22-15-14-19-8-6-7-9-21(19)16-22/h6-9,14-18,20H,5,10-13H2,1-4H3. The van der Waals surface area contributed by atoms with E-state index in [0.717, 1.165) is 43.1 Å². The van der Waals surface area contributed by atoms with Crippen LogP contribution in [-0.2, 0) is 15.1 Å². The van der Waals surface area contributed by atoms with Crippen LogP contribution in [0.1, 0.15) is 65.4 Å². The first-order valence-electron chi connectivity index (χ1n) is 10.1. The molecule has 0 radical (unpaired) electrons. The normalized spacial score (nSPS) is 22.2. The first kappa shape index (κ1) is 18.9. The molecule has 1 fully saturated rings. The van der Waals surface area contributed by atoms with Crippen LogP contribution in [0.5, 0.6) is 0 Å². The van der Waals surface area contributed by atoms with Crippen molar-refractivity contribution in [1.82, 2.24) is 0 Å². The molecule has 0 saturated heterocycles. The Morgan fingerprint density at radius 2 is 1.73 bits per heavy atom. The van der Waals surface area contributed by atoms with Crippen molar-refractivity contribution in [3.05, 3.63) is 48.0 Å². The minimum atomic E-state index is -0.603. The van der Waals surface area contributed by atoms with Crippen molar-refractivity contribution in [1.29, 1.82) is 0 Å². The number of fused-ring (bicyclic) bond motifs is 1. The second-order valence-corrected chi connectivity index (χ2v) is 8.49. The molecule has 1 atom stereocenters. The van der Waals surface area contributed by atoms with Crippen LogP contribution < -0.4 is 0 Å². The van der Waals surface area contributed by atoms with Crippen molar-refractivity contribution in [2.75, 3.05) is 0 Å². The molecule has 0 bridgehead atoms. The Bertz CT molecular complexity index is 754. The summed E-state index contributed by atoms with van der Waals surface area (Å²) in [5, 5.41) is 2.39. The minimum Gasteiger partial charge on any atom is -0.455 e. The first-order chi connectivity index (χ1) is 12.4. The molecule has 26 heavy (non-hydrogen) atoms. The molecular formula is C24H32O2. The van der Waals surface area contributed by atoms with Crippen LogP contribution in [0.3, 0.4) is 0 Å². The van der Waals surface area contributed by atoms with E-state index in [4.69, 9.17) is 4.74 Å². The van der Waals surface area contributed by atoms with Gasteiger partial charge in [0.25, 0.3) is 0 Å². The van der Waals surface area contributed by atoms with E-state index in [1.807, 2.05) is 26.0 Å². The lowest BCUT2D eigenvalue weighted by Crippen LogP contribution is -2.32. The minimum absolute atomic E-state index is 0.0224. The van der Waals surface area contributed by atoms with Gasteiger partial charge in [0.15, 0.2) is 0 Å². The fourth-order valence-electron chi connectivity index (χ4n) is 4.21. The van der Waals surface area contributed by atoms with Crippen LogP contribution in [0, 0.1) is 17.8 Å². The predicted octanol–water partition coefficient (Wildman–Crippen LogP) is 6.47. The number of hydrogen-bond acceptors (Lipinski definition) is 2. The molecule has 0 aliphatic heterocycles. The van der Waals surface area contributed by atoms with E-state index in [-0.39, 0.29) is 11.9 Å². The lowest BCUT2D eigenvalue weighted by atomic mass is 9.75. The highest BCUT2D eigenvalue weighted by Crippen LogP contribution is 2.37. The van der Waals surface area contributed by atoms with Gasteiger partial charge < -0.3 is 4.74 Å². The van der Waals surface area contributed by atoms with E-state index >= 15 is 0 Å². The number of hydrogen-bond donors (Lipinski definition) is 0. The highest BCUT2D eigenvalue weighted by molar-refractivity contribution is 5.83. The van der Waals surface area contributed by atoms with Gasteiger partial charge in [0, 0.05) is 0 Å². The van der Waals surface area contributed by atoms with Crippen molar-refractivity contribution in [3.8, 4) is 0 Å². The van der Waals surface area contributed by atoms with Gasteiger partial charge in [0.2, 0.25) is 0 Å². The average Bonchev–Trinajstić information content (AvgIpc) is 2.66.